The molecule has 2 rings (SSSR count). The standard InChI is InChI=1S/C14H20N2O3/c1-2-7-15-8-5-12(6-9-15)16-10-11(14(18)19)3-4-13(16)17/h3-4,10,12H,2,5-9H2,1H3,(H,18,19). The smallest absolute Gasteiger partial charge is 0.337 e. The first kappa shape index (κ1) is 13.8. The van der Waals surface area contributed by atoms with E-state index < -0.39 is 5.97 Å². The number of aromatic nitrogens is 1. The lowest BCUT2D eigenvalue weighted by Crippen LogP contribution is -2.37. The van der Waals surface area contributed by atoms with Crippen LogP contribution >= 0.6 is 0 Å². The van der Waals surface area contributed by atoms with Gasteiger partial charge in [-0.1, -0.05) is 6.92 Å². The van der Waals surface area contributed by atoms with Gasteiger partial charge in [0.25, 0.3) is 5.56 Å². The maximum absolute atomic E-state index is 11.9. The van der Waals surface area contributed by atoms with Crippen LogP contribution in [0.1, 0.15) is 42.6 Å². The predicted octanol–water partition coefficient (Wildman–Crippen LogP) is 1.59. The average molecular weight is 264 g/mol. The Morgan fingerprint density at radius 3 is 2.63 bits per heavy atom. The van der Waals surface area contributed by atoms with Gasteiger partial charge in [0.15, 0.2) is 0 Å². The molecule has 1 aliphatic heterocycles. The zero-order valence-corrected chi connectivity index (χ0v) is 11.2. The number of carboxylic acid groups (broad SMARTS) is 1. The molecule has 1 N–H and O–H groups in total. The first-order valence-corrected chi connectivity index (χ1v) is 6.79. The summed E-state index contributed by atoms with van der Waals surface area (Å²) in [5.41, 5.74) is 0.0644. The molecular weight excluding hydrogens is 244 g/mol. The normalized spacial score (nSPS) is 17.5. The van der Waals surface area contributed by atoms with E-state index in [0.717, 1.165) is 38.9 Å². The highest BCUT2D eigenvalue weighted by Gasteiger charge is 2.21. The molecule has 1 aromatic rings. The Labute approximate surface area is 112 Å². The third-order valence-electron chi connectivity index (χ3n) is 3.68. The summed E-state index contributed by atoms with van der Waals surface area (Å²) in [5.74, 6) is -0.989. The molecule has 1 fully saturated rings. The lowest BCUT2D eigenvalue weighted by Gasteiger charge is -2.32. The number of aromatic carboxylic acids is 1. The molecule has 5 nitrogen and oxygen atoms in total. The van der Waals surface area contributed by atoms with Gasteiger partial charge in [-0.3, -0.25) is 4.79 Å². The third-order valence-corrected chi connectivity index (χ3v) is 3.68. The minimum absolute atomic E-state index is 0.112. The number of pyridine rings is 1. The molecule has 1 saturated heterocycles. The van der Waals surface area contributed by atoms with Gasteiger partial charge in [0.05, 0.1) is 5.56 Å². The molecule has 0 spiro atoms. The number of carbonyl (C=O) groups is 1. The Bertz CT molecular complexity index is 502. The molecule has 0 saturated carbocycles. The van der Waals surface area contributed by atoms with Crippen LogP contribution in [0.4, 0.5) is 0 Å². The third kappa shape index (κ3) is 3.23. The van der Waals surface area contributed by atoms with Gasteiger partial charge in [-0.2, -0.15) is 0 Å². The summed E-state index contributed by atoms with van der Waals surface area (Å²) in [6.07, 6.45) is 4.43. The van der Waals surface area contributed by atoms with Crippen molar-refractivity contribution in [1.82, 2.24) is 9.47 Å². The van der Waals surface area contributed by atoms with E-state index >= 15 is 0 Å². The van der Waals surface area contributed by atoms with Gasteiger partial charge in [0.2, 0.25) is 0 Å². The highest BCUT2D eigenvalue weighted by Crippen LogP contribution is 2.21. The number of hydrogen-bond donors (Lipinski definition) is 1. The number of hydrogen-bond acceptors (Lipinski definition) is 3. The van der Waals surface area contributed by atoms with Gasteiger partial charge in [-0.15, -0.1) is 0 Å². The zero-order valence-electron chi connectivity index (χ0n) is 11.2. The molecule has 0 aromatic carbocycles. The largest absolute Gasteiger partial charge is 0.478 e. The lowest BCUT2D eigenvalue weighted by atomic mass is 10.0. The lowest BCUT2D eigenvalue weighted by molar-refractivity contribution is 0.0695. The summed E-state index contributed by atoms with van der Waals surface area (Å²) in [6.45, 7) is 5.20. The van der Waals surface area contributed by atoms with Crippen molar-refractivity contribution in [3.63, 3.8) is 0 Å². The van der Waals surface area contributed by atoms with Crippen molar-refractivity contribution in [3.05, 3.63) is 34.2 Å². The second-order valence-corrected chi connectivity index (χ2v) is 5.04. The van der Waals surface area contributed by atoms with Crippen LogP contribution in [0.3, 0.4) is 0 Å². The van der Waals surface area contributed by atoms with Crippen LogP contribution in [0.25, 0.3) is 0 Å². The number of piperidine rings is 1. The van der Waals surface area contributed by atoms with Crippen molar-refractivity contribution >= 4 is 5.97 Å². The Morgan fingerprint density at radius 2 is 2.05 bits per heavy atom. The van der Waals surface area contributed by atoms with Crippen molar-refractivity contribution in [2.75, 3.05) is 19.6 Å². The van der Waals surface area contributed by atoms with Crippen LogP contribution in [0.2, 0.25) is 0 Å². The van der Waals surface area contributed by atoms with Gasteiger partial charge in [-0.25, -0.2) is 4.79 Å². The van der Waals surface area contributed by atoms with E-state index in [1.807, 2.05) is 0 Å². The molecule has 0 amide bonds. The fourth-order valence-corrected chi connectivity index (χ4v) is 2.65. The molecule has 0 aliphatic carbocycles. The molecule has 5 heteroatoms. The van der Waals surface area contributed by atoms with Crippen LogP contribution in [-0.4, -0.2) is 40.2 Å². The highest BCUT2D eigenvalue weighted by molar-refractivity contribution is 5.87. The van der Waals surface area contributed by atoms with Gasteiger partial charge in [-0.05, 0) is 31.9 Å². The molecule has 1 aliphatic rings. The molecule has 2 heterocycles. The summed E-state index contributed by atoms with van der Waals surface area (Å²) >= 11 is 0. The summed E-state index contributed by atoms with van der Waals surface area (Å²) in [5, 5.41) is 8.99. The molecule has 0 unspecified atom stereocenters. The first-order chi connectivity index (χ1) is 9.11. The van der Waals surface area contributed by atoms with Crippen LogP contribution in [-0.2, 0) is 0 Å². The van der Waals surface area contributed by atoms with Crippen molar-refractivity contribution in [1.29, 1.82) is 0 Å². The van der Waals surface area contributed by atoms with E-state index in [0.29, 0.717) is 0 Å². The average Bonchev–Trinajstić information content (AvgIpc) is 2.40. The van der Waals surface area contributed by atoms with E-state index in [4.69, 9.17) is 5.11 Å². The molecule has 0 atom stereocenters. The first-order valence-electron chi connectivity index (χ1n) is 6.79. The van der Waals surface area contributed by atoms with Crippen LogP contribution < -0.4 is 5.56 Å². The fraction of sp³-hybridized carbons (Fsp3) is 0.571. The number of rotatable bonds is 4. The molecule has 1 aromatic heterocycles. The monoisotopic (exact) mass is 264 g/mol. The van der Waals surface area contributed by atoms with E-state index in [1.54, 1.807) is 4.57 Å². The topological polar surface area (TPSA) is 62.5 Å². The van der Waals surface area contributed by atoms with Gasteiger partial charge < -0.3 is 14.6 Å². The molecule has 0 radical (unpaired) electrons. The fourth-order valence-electron chi connectivity index (χ4n) is 2.65. The SMILES string of the molecule is CCCN1CCC(n2cc(C(=O)O)ccc2=O)CC1. The maximum Gasteiger partial charge on any atom is 0.337 e. The van der Waals surface area contributed by atoms with Crippen LogP contribution in [0.5, 0.6) is 0 Å². The van der Waals surface area contributed by atoms with Crippen molar-refractivity contribution in [2.45, 2.75) is 32.2 Å². The van der Waals surface area contributed by atoms with Crippen LogP contribution in [0.15, 0.2) is 23.1 Å². The van der Waals surface area contributed by atoms with Gasteiger partial charge in [0, 0.05) is 31.4 Å². The Hall–Kier alpha value is -1.62. The van der Waals surface area contributed by atoms with Crippen molar-refractivity contribution < 1.29 is 9.90 Å². The Balaban J connectivity index is 2.13. The van der Waals surface area contributed by atoms with E-state index in [-0.39, 0.29) is 17.2 Å². The van der Waals surface area contributed by atoms with Crippen molar-refractivity contribution in [3.8, 4) is 0 Å². The molecule has 19 heavy (non-hydrogen) atoms. The van der Waals surface area contributed by atoms with E-state index in [2.05, 4.69) is 11.8 Å². The number of carboxylic acids is 1. The summed E-state index contributed by atoms with van der Waals surface area (Å²) < 4.78 is 1.59. The molecule has 104 valence electrons. The Kier molecular flexibility index (Phi) is 4.37. The second-order valence-electron chi connectivity index (χ2n) is 5.04. The minimum Gasteiger partial charge on any atom is -0.478 e. The predicted molar refractivity (Wildman–Crippen MR) is 72.7 cm³/mol. The van der Waals surface area contributed by atoms with Crippen LogP contribution in [0, 0.1) is 0 Å². The zero-order chi connectivity index (χ0) is 13.8. The second kappa shape index (κ2) is 6.02. The van der Waals surface area contributed by atoms with E-state index in [1.165, 1.54) is 18.3 Å². The summed E-state index contributed by atoms with van der Waals surface area (Å²) in [7, 11) is 0. The van der Waals surface area contributed by atoms with E-state index in [9.17, 15) is 9.59 Å². The minimum atomic E-state index is -0.989. The van der Waals surface area contributed by atoms with Crippen molar-refractivity contribution in [2.24, 2.45) is 0 Å². The quantitative estimate of drug-likeness (QED) is 0.897. The summed E-state index contributed by atoms with van der Waals surface area (Å²) in [4.78, 5) is 25.2. The molecule has 0 bridgehead atoms. The van der Waals surface area contributed by atoms with Gasteiger partial charge >= 0.3 is 5.97 Å². The maximum atomic E-state index is 11.9. The molecular formula is C14H20N2O3. The number of nitrogens with zero attached hydrogens (tertiary/aromatic N) is 2. The highest BCUT2D eigenvalue weighted by atomic mass is 16.4. The van der Waals surface area contributed by atoms with Gasteiger partial charge in [0.1, 0.15) is 0 Å². The Morgan fingerprint density at radius 1 is 1.37 bits per heavy atom. The number of likely N-dealkylation sites (tertiary alicyclic amines) is 1. The summed E-state index contributed by atoms with van der Waals surface area (Å²) in [6, 6.07) is 2.84.